The van der Waals surface area contributed by atoms with Gasteiger partial charge in [0.15, 0.2) is 0 Å². The third-order valence-electron chi connectivity index (χ3n) is 4.28. The Labute approximate surface area is 124 Å². The zero-order valence-corrected chi connectivity index (χ0v) is 12.3. The number of piperidine rings is 1. The molecule has 1 fully saturated rings. The Kier molecular flexibility index (Phi) is 4.63. The quantitative estimate of drug-likeness (QED) is 0.877. The van der Waals surface area contributed by atoms with Crippen LogP contribution >= 0.6 is 0 Å². The first-order valence-electron chi connectivity index (χ1n) is 7.26. The molecule has 0 aromatic heterocycles. The molecule has 0 bridgehead atoms. The second-order valence-corrected chi connectivity index (χ2v) is 5.90. The van der Waals surface area contributed by atoms with Gasteiger partial charge in [-0.1, -0.05) is 30.3 Å². The number of rotatable bonds is 4. The first-order valence-corrected chi connectivity index (χ1v) is 7.26. The van der Waals surface area contributed by atoms with Gasteiger partial charge in [0.2, 0.25) is 5.91 Å². The molecule has 0 saturated carbocycles. The summed E-state index contributed by atoms with van der Waals surface area (Å²) in [5.41, 5.74) is 5.29. The summed E-state index contributed by atoms with van der Waals surface area (Å²) in [5, 5.41) is 9.58. The Balaban J connectivity index is 2.13. The van der Waals surface area contributed by atoms with Crippen LogP contribution in [-0.2, 0) is 15.0 Å². The number of amides is 1. The number of hydrogen-bond donors (Lipinski definition) is 2. The maximum Gasteiger partial charge on any atom is 0.314 e. The van der Waals surface area contributed by atoms with Crippen LogP contribution in [0.4, 0.5) is 0 Å². The largest absolute Gasteiger partial charge is 0.481 e. The van der Waals surface area contributed by atoms with Gasteiger partial charge >= 0.3 is 5.97 Å². The van der Waals surface area contributed by atoms with E-state index in [-0.39, 0.29) is 18.4 Å². The van der Waals surface area contributed by atoms with Crippen LogP contribution in [0.2, 0.25) is 0 Å². The fourth-order valence-electron chi connectivity index (χ4n) is 2.67. The topological polar surface area (TPSA) is 83.6 Å². The van der Waals surface area contributed by atoms with Crippen molar-refractivity contribution in [2.45, 2.75) is 37.6 Å². The van der Waals surface area contributed by atoms with Gasteiger partial charge in [-0.15, -0.1) is 0 Å². The zero-order chi connectivity index (χ0) is 15.5. The molecule has 1 aromatic rings. The Hall–Kier alpha value is -1.88. The lowest BCUT2D eigenvalue weighted by Gasteiger charge is -2.33. The standard InChI is InChI=1S/C16H22N2O3/c1-16(15(20)21,12-5-3-2-4-6-12)11-14(19)18-9-7-13(17)8-10-18/h2-6,13H,7-11,17H2,1H3,(H,20,21). The van der Waals surface area contributed by atoms with Crippen LogP contribution in [-0.4, -0.2) is 41.0 Å². The van der Waals surface area contributed by atoms with Crippen LogP contribution in [0.15, 0.2) is 30.3 Å². The van der Waals surface area contributed by atoms with Crippen molar-refractivity contribution in [3.63, 3.8) is 0 Å². The van der Waals surface area contributed by atoms with E-state index in [0.717, 1.165) is 12.8 Å². The van der Waals surface area contributed by atoms with Crippen LogP contribution in [0.1, 0.15) is 31.7 Å². The molecule has 0 spiro atoms. The highest BCUT2D eigenvalue weighted by Gasteiger charge is 2.39. The van der Waals surface area contributed by atoms with Crippen molar-refractivity contribution in [2.75, 3.05) is 13.1 Å². The molecule has 114 valence electrons. The lowest BCUT2D eigenvalue weighted by Crippen LogP contribution is -2.46. The highest BCUT2D eigenvalue weighted by molar-refractivity contribution is 5.89. The minimum absolute atomic E-state index is 0.0262. The first kappa shape index (κ1) is 15.5. The molecule has 1 heterocycles. The molecule has 0 aliphatic carbocycles. The molecule has 0 radical (unpaired) electrons. The zero-order valence-electron chi connectivity index (χ0n) is 12.3. The van der Waals surface area contributed by atoms with E-state index in [9.17, 15) is 14.7 Å². The molecule has 1 unspecified atom stereocenters. The van der Waals surface area contributed by atoms with E-state index in [0.29, 0.717) is 18.7 Å². The van der Waals surface area contributed by atoms with Crippen molar-refractivity contribution in [1.82, 2.24) is 4.90 Å². The monoisotopic (exact) mass is 290 g/mol. The number of carbonyl (C=O) groups is 2. The van der Waals surface area contributed by atoms with Crippen molar-refractivity contribution in [1.29, 1.82) is 0 Å². The second-order valence-electron chi connectivity index (χ2n) is 5.90. The van der Waals surface area contributed by atoms with Crippen LogP contribution in [0.5, 0.6) is 0 Å². The van der Waals surface area contributed by atoms with Crippen molar-refractivity contribution in [3.05, 3.63) is 35.9 Å². The van der Waals surface area contributed by atoms with Gasteiger partial charge in [-0.25, -0.2) is 0 Å². The van der Waals surface area contributed by atoms with E-state index in [1.165, 1.54) is 0 Å². The number of likely N-dealkylation sites (tertiary alicyclic amines) is 1. The molecule has 1 saturated heterocycles. The number of carboxylic acid groups (broad SMARTS) is 1. The van der Waals surface area contributed by atoms with Crippen molar-refractivity contribution >= 4 is 11.9 Å². The summed E-state index contributed by atoms with van der Waals surface area (Å²) in [6.45, 7) is 2.84. The SMILES string of the molecule is CC(CC(=O)N1CCC(N)CC1)(C(=O)O)c1ccccc1. The number of nitrogens with zero attached hydrogens (tertiary/aromatic N) is 1. The fraction of sp³-hybridized carbons (Fsp3) is 0.500. The van der Waals surface area contributed by atoms with Crippen molar-refractivity contribution < 1.29 is 14.7 Å². The molecular weight excluding hydrogens is 268 g/mol. The molecule has 1 aromatic carbocycles. The maximum atomic E-state index is 12.4. The Morgan fingerprint density at radius 2 is 1.86 bits per heavy atom. The summed E-state index contributed by atoms with van der Waals surface area (Å²) < 4.78 is 0. The molecule has 1 amide bonds. The number of nitrogens with two attached hydrogens (primary N) is 1. The van der Waals surface area contributed by atoms with Gasteiger partial charge in [0.25, 0.3) is 0 Å². The second kappa shape index (κ2) is 6.26. The molecule has 1 aliphatic rings. The van der Waals surface area contributed by atoms with Gasteiger partial charge < -0.3 is 15.7 Å². The number of aliphatic carboxylic acids is 1. The van der Waals surface area contributed by atoms with E-state index >= 15 is 0 Å². The first-order chi connectivity index (χ1) is 9.93. The van der Waals surface area contributed by atoms with Gasteiger partial charge in [-0.2, -0.15) is 0 Å². The maximum absolute atomic E-state index is 12.4. The summed E-state index contributed by atoms with van der Waals surface area (Å²) in [7, 11) is 0. The highest BCUT2D eigenvalue weighted by Crippen LogP contribution is 2.29. The van der Waals surface area contributed by atoms with Crippen LogP contribution < -0.4 is 5.73 Å². The minimum atomic E-state index is -1.20. The van der Waals surface area contributed by atoms with Crippen molar-refractivity contribution in [2.24, 2.45) is 5.73 Å². The van der Waals surface area contributed by atoms with E-state index < -0.39 is 11.4 Å². The van der Waals surface area contributed by atoms with Crippen molar-refractivity contribution in [3.8, 4) is 0 Å². The normalized spacial score (nSPS) is 19.0. The molecule has 5 nitrogen and oxygen atoms in total. The summed E-state index contributed by atoms with van der Waals surface area (Å²) in [5.74, 6) is -1.09. The van der Waals surface area contributed by atoms with Gasteiger partial charge in [0.1, 0.15) is 0 Å². The average molecular weight is 290 g/mol. The molecule has 1 atom stereocenters. The fourth-order valence-corrected chi connectivity index (χ4v) is 2.67. The van der Waals surface area contributed by atoms with E-state index in [4.69, 9.17) is 5.73 Å². The van der Waals surface area contributed by atoms with Crippen LogP contribution in [0.25, 0.3) is 0 Å². The van der Waals surface area contributed by atoms with E-state index in [1.807, 2.05) is 6.07 Å². The average Bonchev–Trinajstić information content (AvgIpc) is 2.48. The molecular formula is C16H22N2O3. The summed E-state index contributed by atoms with van der Waals surface area (Å²) in [6, 6.07) is 9.08. The lowest BCUT2D eigenvalue weighted by atomic mass is 9.79. The van der Waals surface area contributed by atoms with Gasteiger partial charge in [0.05, 0.1) is 5.41 Å². The molecule has 1 aliphatic heterocycles. The van der Waals surface area contributed by atoms with E-state index in [1.54, 1.807) is 36.1 Å². The number of carbonyl (C=O) groups excluding carboxylic acids is 1. The number of hydrogen-bond acceptors (Lipinski definition) is 3. The Morgan fingerprint density at radius 1 is 1.29 bits per heavy atom. The summed E-state index contributed by atoms with van der Waals surface area (Å²) in [4.78, 5) is 25.9. The van der Waals surface area contributed by atoms with E-state index in [2.05, 4.69) is 0 Å². The predicted molar refractivity (Wildman–Crippen MR) is 79.8 cm³/mol. The number of benzene rings is 1. The molecule has 2 rings (SSSR count). The molecule has 21 heavy (non-hydrogen) atoms. The van der Waals surface area contributed by atoms with Gasteiger partial charge in [-0.3, -0.25) is 9.59 Å². The molecule has 3 N–H and O–H groups in total. The summed E-state index contributed by atoms with van der Waals surface area (Å²) >= 11 is 0. The minimum Gasteiger partial charge on any atom is -0.481 e. The highest BCUT2D eigenvalue weighted by atomic mass is 16.4. The smallest absolute Gasteiger partial charge is 0.314 e. The van der Waals surface area contributed by atoms with Crippen LogP contribution in [0.3, 0.4) is 0 Å². The third-order valence-corrected chi connectivity index (χ3v) is 4.28. The predicted octanol–water partition coefficient (Wildman–Crippen LogP) is 1.37. The molecule has 5 heteroatoms. The van der Waals surface area contributed by atoms with Gasteiger partial charge in [-0.05, 0) is 25.3 Å². The third kappa shape index (κ3) is 3.42. The summed E-state index contributed by atoms with van der Waals surface area (Å²) in [6.07, 6.45) is 1.53. The lowest BCUT2D eigenvalue weighted by molar-refractivity contribution is -0.147. The van der Waals surface area contributed by atoms with Crippen LogP contribution in [0, 0.1) is 0 Å². The Morgan fingerprint density at radius 3 is 2.38 bits per heavy atom. The van der Waals surface area contributed by atoms with Gasteiger partial charge in [0, 0.05) is 25.6 Å². The number of carboxylic acids is 1. The Bertz CT molecular complexity index is 510.